The minimum Gasteiger partial charge on any atom is -0.464 e. The predicted molar refractivity (Wildman–Crippen MR) is 111 cm³/mol. The van der Waals surface area contributed by atoms with Crippen molar-refractivity contribution in [3.05, 3.63) is 59.4 Å². The van der Waals surface area contributed by atoms with Crippen LogP contribution in [-0.2, 0) is 21.4 Å². The largest absolute Gasteiger partial charge is 0.464 e. The maximum Gasteiger partial charge on any atom is 0.296 e. The Bertz CT molecular complexity index is 1130. The highest BCUT2D eigenvalue weighted by Crippen LogP contribution is 2.29. The number of amides is 1. The number of fused-ring (bicyclic) bond motifs is 1. The number of aryl methyl sites for hydroxylation is 1. The van der Waals surface area contributed by atoms with E-state index >= 15 is 0 Å². The summed E-state index contributed by atoms with van der Waals surface area (Å²) in [5.41, 5.74) is 4.66. The number of hydrogen-bond acceptors (Lipinski definition) is 4. The summed E-state index contributed by atoms with van der Waals surface area (Å²) in [6.45, 7) is 6.30. The van der Waals surface area contributed by atoms with E-state index in [-0.39, 0.29) is 18.0 Å². The van der Waals surface area contributed by atoms with Crippen LogP contribution in [0.3, 0.4) is 0 Å². The summed E-state index contributed by atoms with van der Waals surface area (Å²) in [6.07, 6.45) is 1.74. The van der Waals surface area contributed by atoms with Crippen molar-refractivity contribution in [3.63, 3.8) is 0 Å². The van der Waals surface area contributed by atoms with Crippen LogP contribution in [0.4, 0.5) is 11.4 Å². The van der Waals surface area contributed by atoms with Crippen LogP contribution >= 0.6 is 0 Å². The Labute approximate surface area is 164 Å². The second-order valence-electron chi connectivity index (χ2n) is 7.07. The number of rotatable bonds is 6. The first kappa shape index (κ1) is 19.9. The number of carbonyl (C=O) groups is 1. The summed E-state index contributed by atoms with van der Waals surface area (Å²) < 4.78 is 30.1. The minimum atomic E-state index is -3.88. The van der Waals surface area contributed by atoms with Crippen molar-refractivity contribution in [1.29, 1.82) is 0 Å². The van der Waals surface area contributed by atoms with Crippen molar-refractivity contribution >= 4 is 38.5 Å². The molecule has 3 rings (SSSR count). The maximum atomic E-state index is 12.5. The van der Waals surface area contributed by atoms with Gasteiger partial charge < -0.3 is 9.73 Å². The van der Waals surface area contributed by atoms with Crippen LogP contribution in [0.25, 0.3) is 11.0 Å². The number of nitrogens with one attached hydrogen (secondary N) is 2. The lowest BCUT2D eigenvalue weighted by Crippen LogP contribution is -2.21. The molecule has 0 saturated heterocycles. The van der Waals surface area contributed by atoms with E-state index in [9.17, 15) is 13.2 Å². The van der Waals surface area contributed by atoms with Crippen LogP contribution in [-0.4, -0.2) is 14.3 Å². The zero-order valence-corrected chi connectivity index (χ0v) is 16.8. The Hall–Kier alpha value is -2.84. The van der Waals surface area contributed by atoms with Gasteiger partial charge in [-0.1, -0.05) is 19.9 Å². The van der Waals surface area contributed by atoms with Gasteiger partial charge in [-0.15, -0.1) is 0 Å². The molecule has 0 aliphatic carbocycles. The second-order valence-corrected chi connectivity index (χ2v) is 8.37. The lowest BCUT2D eigenvalue weighted by atomic mass is 9.95. The molecule has 0 atom stereocenters. The summed E-state index contributed by atoms with van der Waals surface area (Å²) in [5, 5.41) is 8.66. The van der Waals surface area contributed by atoms with Crippen LogP contribution < -0.4 is 15.2 Å². The molecule has 0 aliphatic heterocycles. The van der Waals surface area contributed by atoms with Gasteiger partial charge in [0.2, 0.25) is 5.91 Å². The van der Waals surface area contributed by atoms with Gasteiger partial charge in [-0.25, -0.2) is 5.14 Å². The van der Waals surface area contributed by atoms with Crippen molar-refractivity contribution < 1.29 is 17.6 Å². The highest BCUT2D eigenvalue weighted by molar-refractivity contribution is 7.90. The first-order valence-electron chi connectivity index (χ1n) is 8.83. The van der Waals surface area contributed by atoms with E-state index in [2.05, 4.69) is 30.0 Å². The lowest BCUT2D eigenvalue weighted by molar-refractivity contribution is -0.115. The first-order chi connectivity index (χ1) is 13.1. The van der Waals surface area contributed by atoms with Crippen LogP contribution in [0.5, 0.6) is 0 Å². The Balaban J connectivity index is 1.78. The molecule has 148 valence electrons. The molecule has 1 heterocycles. The molecule has 2 aromatic carbocycles. The summed E-state index contributed by atoms with van der Waals surface area (Å²) in [5.74, 6) is 0.136. The van der Waals surface area contributed by atoms with E-state index in [0.29, 0.717) is 11.6 Å². The molecule has 0 saturated carbocycles. The Morgan fingerprint density at radius 3 is 2.57 bits per heavy atom. The number of benzene rings is 2. The molecular formula is C20H23N3O4S. The van der Waals surface area contributed by atoms with E-state index in [1.54, 1.807) is 24.5 Å². The number of nitrogens with two attached hydrogens (primary N) is 1. The Morgan fingerprint density at radius 2 is 1.89 bits per heavy atom. The Kier molecular flexibility index (Phi) is 5.44. The number of hydrogen-bond donors (Lipinski definition) is 3. The number of carbonyl (C=O) groups excluding carboxylic acids is 1. The highest BCUT2D eigenvalue weighted by atomic mass is 32.2. The van der Waals surface area contributed by atoms with Crippen LogP contribution in [0, 0.1) is 6.92 Å². The molecule has 0 unspecified atom stereocenters. The van der Waals surface area contributed by atoms with Gasteiger partial charge >= 0.3 is 0 Å². The average molecular weight is 401 g/mol. The molecule has 0 bridgehead atoms. The Morgan fingerprint density at radius 1 is 1.18 bits per heavy atom. The third-order valence-electron chi connectivity index (χ3n) is 4.42. The molecule has 4 N–H and O–H groups in total. The molecule has 0 spiro atoms. The van der Waals surface area contributed by atoms with Crippen molar-refractivity contribution in [1.82, 2.24) is 0 Å². The third-order valence-corrected chi connectivity index (χ3v) is 4.94. The molecule has 28 heavy (non-hydrogen) atoms. The van der Waals surface area contributed by atoms with Crippen molar-refractivity contribution in [2.45, 2.75) is 33.1 Å². The average Bonchev–Trinajstić information content (AvgIpc) is 2.94. The molecule has 0 fully saturated rings. The second kappa shape index (κ2) is 7.65. The van der Waals surface area contributed by atoms with Gasteiger partial charge in [-0.3, -0.25) is 9.52 Å². The van der Waals surface area contributed by atoms with E-state index in [4.69, 9.17) is 9.56 Å². The topological polar surface area (TPSA) is 114 Å². The fourth-order valence-electron chi connectivity index (χ4n) is 3.21. The zero-order chi connectivity index (χ0) is 20.5. The molecule has 0 radical (unpaired) electrons. The monoisotopic (exact) mass is 401 g/mol. The maximum absolute atomic E-state index is 12.5. The summed E-state index contributed by atoms with van der Waals surface area (Å²) in [4.78, 5) is 12.5. The summed E-state index contributed by atoms with van der Waals surface area (Å²) in [6, 6.07) is 10.4. The molecule has 1 amide bonds. The van der Waals surface area contributed by atoms with Gasteiger partial charge in [-0.05, 0) is 54.3 Å². The fraction of sp³-hybridized carbons (Fsp3) is 0.250. The van der Waals surface area contributed by atoms with Gasteiger partial charge in [-0.2, -0.15) is 8.42 Å². The zero-order valence-electron chi connectivity index (χ0n) is 15.9. The van der Waals surface area contributed by atoms with Crippen LogP contribution in [0.1, 0.15) is 36.5 Å². The van der Waals surface area contributed by atoms with Crippen molar-refractivity contribution in [2.24, 2.45) is 5.14 Å². The van der Waals surface area contributed by atoms with Gasteiger partial charge in [0.1, 0.15) is 5.58 Å². The van der Waals surface area contributed by atoms with Crippen LogP contribution in [0.2, 0.25) is 0 Å². The van der Waals surface area contributed by atoms with Gasteiger partial charge in [0.25, 0.3) is 10.2 Å². The van der Waals surface area contributed by atoms with Gasteiger partial charge in [0.05, 0.1) is 18.4 Å². The standard InChI is InChI=1S/C20H23N3O4S/c1-12(2)17-10-18-14(11-27-19(18)7-13(17)3)8-20(24)22-15-5-4-6-16(9-15)23-28(21,25)26/h4-7,9-12,23H,8H2,1-3H3,(H,22,24)(H2,21,25,26). The summed E-state index contributed by atoms with van der Waals surface area (Å²) >= 11 is 0. The fourth-order valence-corrected chi connectivity index (χ4v) is 3.66. The highest BCUT2D eigenvalue weighted by Gasteiger charge is 2.14. The SMILES string of the molecule is Cc1cc2occ(CC(=O)Nc3cccc(NS(N)(=O)=O)c3)c2cc1C(C)C. The number of furan rings is 1. The number of anilines is 2. The van der Waals surface area contributed by atoms with E-state index in [1.165, 1.54) is 11.6 Å². The molecule has 8 heteroatoms. The minimum absolute atomic E-state index is 0.139. The molecular weight excluding hydrogens is 378 g/mol. The molecule has 0 aliphatic rings. The van der Waals surface area contributed by atoms with E-state index in [1.807, 2.05) is 13.0 Å². The first-order valence-corrected chi connectivity index (χ1v) is 10.4. The van der Waals surface area contributed by atoms with E-state index < -0.39 is 10.2 Å². The van der Waals surface area contributed by atoms with Crippen LogP contribution in [0.15, 0.2) is 47.1 Å². The quantitative estimate of drug-likeness (QED) is 0.585. The lowest BCUT2D eigenvalue weighted by Gasteiger charge is -2.10. The van der Waals surface area contributed by atoms with Gasteiger partial charge in [0, 0.05) is 16.6 Å². The van der Waals surface area contributed by atoms with Crippen molar-refractivity contribution in [3.8, 4) is 0 Å². The predicted octanol–water partition coefficient (Wildman–Crippen LogP) is 3.66. The summed E-state index contributed by atoms with van der Waals surface area (Å²) in [7, 11) is -3.88. The molecule has 1 aromatic heterocycles. The smallest absolute Gasteiger partial charge is 0.296 e. The molecule has 3 aromatic rings. The molecule has 7 nitrogen and oxygen atoms in total. The van der Waals surface area contributed by atoms with Crippen molar-refractivity contribution in [2.75, 3.05) is 10.0 Å². The normalized spacial score (nSPS) is 11.8. The van der Waals surface area contributed by atoms with Gasteiger partial charge in [0.15, 0.2) is 0 Å². The van der Waals surface area contributed by atoms with E-state index in [0.717, 1.165) is 22.1 Å². The third kappa shape index (κ3) is 4.71.